The maximum absolute atomic E-state index is 12.4. The maximum Gasteiger partial charge on any atom is 0.416 e. The smallest absolute Gasteiger partial charge is 0.317 e. The fourth-order valence-electron chi connectivity index (χ4n) is 1.81. The van der Waals surface area contributed by atoms with Crippen molar-refractivity contribution in [2.45, 2.75) is 38.4 Å². The summed E-state index contributed by atoms with van der Waals surface area (Å²) in [6, 6.07) is 5.74. The topological polar surface area (TPSA) is 12.0 Å². The van der Waals surface area contributed by atoms with Crippen LogP contribution in [-0.2, 0) is 12.6 Å². The van der Waals surface area contributed by atoms with Crippen LogP contribution in [0.4, 0.5) is 13.2 Å². The van der Waals surface area contributed by atoms with Crippen molar-refractivity contribution >= 4 is 0 Å². The first-order chi connectivity index (χ1) is 7.97. The Balaban J connectivity index is 2.68. The Bertz CT molecular complexity index is 330. The summed E-state index contributed by atoms with van der Waals surface area (Å²) in [4.78, 5) is 0. The number of hydrogen-bond acceptors (Lipinski definition) is 1. The first-order valence-corrected chi connectivity index (χ1v) is 5.80. The molecule has 4 heteroatoms. The van der Waals surface area contributed by atoms with E-state index in [0.29, 0.717) is 6.04 Å². The molecule has 0 amide bonds. The van der Waals surface area contributed by atoms with E-state index < -0.39 is 11.7 Å². The molecule has 0 bridgehead atoms. The van der Waals surface area contributed by atoms with Crippen LogP contribution < -0.4 is 5.32 Å². The molecule has 0 aliphatic heterocycles. The lowest BCUT2D eigenvalue weighted by Gasteiger charge is -2.15. The summed E-state index contributed by atoms with van der Waals surface area (Å²) in [5, 5.41) is 3.17. The molecule has 0 aliphatic carbocycles. The number of nitrogens with one attached hydrogen (secondary N) is 1. The highest BCUT2D eigenvalue weighted by Crippen LogP contribution is 2.29. The molecule has 0 aromatic heterocycles. The maximum atomic E-state index is 12.4. The SMILES string of the molecule is CCCC(Cc1ccc(C(F)(F)F)cc1)NC. The number of halogens is 3. The molecule has 1 aromatic carbocycles. The van der Waals surface area contributed by atoms with Gasteiger partial charge in [0.1, 0.15) is 0 Å². The van der Waals surface area contributed by atoms with E-state index in [-0.39, 0.29) is 0 Å². The molecule has 0 fully saturated rings. The Morgan fingerprint density at radius 3 is 2.18 bits per heavy atom. The van der Waals surface area contributed by atoms with Gasteiger partial charge in [0.25, 0.3) is 0 Å². The van der Waals surface area contributed by atoms with Gasteiger partial charge in [0.05, 0.1) is 5.56 Å². The summed E-state index contributed by atoms with van der Waals surface area (Å²) in [5.41, 5.74) is 0.351. The van der Waals surface area contributed by atoms with Crippen LogP contribution >= 0.6 is 0 Å². The van der Waals surface area contributed by atoms with Gasteiger partial charge >= 0.3 is 6.18 Å². The Morgan fingerprint density at radius 1 is 1.18 bits per heavy atom. The summed E-state index contributed by atoms with van der Waals surface area (Å²) >= 11 is 0. The minimum Gasteiger partial charge on any atom is -0.317 e. The standard InChI is InChI=1S/C13H18F3N/c1-3-4-12(17-2)9-10-5-7-11(8-6-10)13(14,15)16/h5-8,12,17H,3-4,9H2,1-2H3. The average molecular weight is 245 g/mol. The van der Waals surface area contributed by atoms with Gasteiger partial charge in [-0.1, -0.05) is 25.5 Å². The van der Waals surface area contributed by atoms with Crippen LogP contribution in [0.2, 0.25) is 0 Å². The van der Waals surface area contributed by atoms with E-state index in [4.69, 9.17) is 0 Å². The summed E-state index contributed by atoms with van der Waals surface area (Å²) in [5.74, 6) is 0. The molecule has 17 heavy (non-hydrogen) atoms. The fraction of sp³-hybridized carbons (Fsp3) is 0.538. The molecule has 0 radical (unpaired) electrons. The zero-order chi connectivity index (χ0) is 12.9. The van der Waals surface area contributed by atoms with Crippen LogP contribution in [0, 0.1) is 0 Å². The largest absolute Gasteiger partial charge is 0.416 e. The Labute approximate surface area is 100 Å². The third-order valence-electron chi connectivity index (χ3n) is 2.81. The van der Waals surface area contributed by atoms with Gasteiger partial charge in [0, 0.05) is 6.04 Å². The second-order valence-corrected chi connectivity index (χ2v) is 4.17. The molecule has 0 heterocycles. The van der Waals surface area contributed by atoms with E-state index in [1.54, 1.807) is 12.1 Å². The molecule has 0 spiro atoms. The summed E-state index contributed by atoms with van der Waals surface area (Å²) < 4.78 is 37.1. The predicted octanol–water partition coefficient (Wildman–Crippen LogP) is 3.64. The molecule has 1 nitrogen and oxygen atoms in total. The third kappa shape index (κ3) is 4.38. The molecular weight excluding hydrogens is 227 g/mol. The van der Waals surface area contributed by atoms with E-state index in [2.05, 4.69) is 12.2 Å². The van der Waals surface area contributed by atoms with E-state index in [0.717, 1.165) is 37.0 Å². The molecule has 0 aliphatic rings. The van der Waals surface area contributed by atoms with Gasteiger partial charge in [-0.3, -0.25) is 0 Å². The summed E-state index contributed by atoms with van der Waals surface area (Å²) in [7, 11) is 1.88. The third-order valence-corrected chi connectivity index (χ3v) is 2.81. The molecule has 1 aromatic rings. The number of hydrogen-bond donors (Lipinski definition) is 1. The lowest BCUT2D eigenvalue weighted by Crippen LogP contribution is -2.27. The van der Waals surface area contributed by atoms with Gasteiger partial charge in [-0.05, 0) is 37.6 Å². The van der Waals surface area contributed by atoms with Crippen molar-refractivity contribution in [1.82, 2.24) is 5.32 Å². The summed E-state index contributed by atoms with van der Waals surface area (Å²) in [6.45, 7) is 2.09. The summed E-state index contributed by atoms with van der Waals surface area (Å²) in [6.07, 6.45) is -1.39. The zero-order valence-corrected chi connectivity index (χ0v) is 10.1. The predicted molar refractivity (Wildman–Crippen MR) is 62.9 cm³/mol. The van der Waals surface area contributed by atoms with Crippen molar-refractivity contribution in [2.24, 2.45) is 0 Å². The molecule has 1 unspecified atom stereocenters. The van der Waals surface area contributed by atoms with Crippen molar-refractivity contribution in [2.75, 3.05) is 7.05 Å². The Kier molecular flexibility index (Phi) is 5.00. The first kappa shape index (κ1) is 14.0. The van der Waals surface area contributed by atoms with Crippen LogP contribution in [-0.4, -0.2) is 13.1 Å². The first-order valence-electron chi connectivity index (χ1n) is 5.80. The highest BCUT2D eigenvalue weighted by molar-refractivity contribution is 5.25. The monoisotopic (exact) mass is 245 g/mol. The van der Waals surface area contributed by atoms with E-state index in [1.807, 2.05) is 7.05 Å². The molecule has 1 atom stereocenters. The molecular formula is C13H18F3N. The van der Waals surface area contributed by atoms with Crippen molar-refractivity contribution in [3.63, 3.8) is 0 Å². The minimum atomic E-state index is -4.25. The highest BCUT2D eigenvalue weighted by atomic mass is 19.4. The second-order valence-electron chi connectivity index (χ2n) is 4.17. The van der Waals surface area contributed by atoms with Crippen molar-refractivity contribution < 1.29 is 13.2 Å². The van der Waals surface area contributed by atoms with Crippen molar-refractivity contribution in [1.29, 1.82) is 0 Å². The fourth-order valence-corrected chi connectivity index (χ4v) is 1.81. The molecule has 96 valence electrons. The van der Waals surface area contributed by atoms with Gasteiger partial charge in [-0.25, -0.2) is 0 Å². The number of benzene rings is 1. The van der Waals surface area contributed by atoms with Crippen LogP contribution in [0.25, 0.3) is 0 Å². The van der Waals surface area contributed by atoms with Crippen LogP contribution in [0.1, 0.15) is 30.9 Å². The average Bonchev–Trinajstić information content (AvgIpc) is 2.28. The van der Waals surface area contributed by atoms with E-state index in [9.17, 15) is 13.2 Å². The minimum absolute atomic E-state index is 0.330. The van der Waals surface area contributed by atoms with Gasteiger partial charge in [-0.15, -0.1) is 0 Å². The number of alkyl halides is 3. The highest BCUT2D eigenvalue weighted by Gasteiger charge is 2.29. The van der Waals surface area contributed by atoms with Crippen LogP contribution in [0.15, 0.2) is 24.3 Å². The van der Waals surface area contributed by atoms with E-state index in [1.165, 1.54) is 0 Å². The van der Waals surface area contributed by atoms with E-state index >= 15 is 0 Å². The molecule has 1 rings (SSSR count). The quantitative estimate of drug-likeness (QED) is 0.835. The lowest BCUT2D eigenvalue weighted by atomic mass is 10.0. The van der Waals surface area contributed by atoms with Gasteiger partial charge in [-0.2, -0.15) is 13.2 Å². The number of rotatable bonds is 5. The van der Waals surface area contributed by atoms with Gasteiger partial charge < -0.3 is 5.32 Å². The molecule has 1 N–H and O–H groups in total. The van der Waals surface area contributed by atoms with Crippen molar-refractivity contribution in [3.05, 3.63) is 35.4 Å². The zero-order valence-electron chi connectivity index (χ0n) is 10.1. The van der Waals surface area contributed by atoms with Gasteiger partial charge in [0.15, 0.2) is 0 Å². The Morgan fingerprint density at radius 2 is 1.76 bits per heavy atom. The normalized spacial score (nSPS) is 13.7. The van der Waals surface area contributed by atoms with Crippen LogP contribution in [0.3, 0.4) is 0 Å². The Hall–Kier alpha value is -1.03. The number of likely N-dealkylation sites (N-methyl/N-ethyl adjacent to an activating group) is 1. The van der Waals surface area contributed by atoms with Crippen LogP contribution in [0.5, 0.6) is 0 Å². The lowest BCUT2D eigenvalue weighted by molar-refractivity contribution is -0.137. The molecule has 0 saturated heterocycles. The molecule has 0 saturated carbocycles. The second kappa shape index (κ2) is 6.05. The van der Waals surface area contributed by atoms with Crippen molar-refractivity contribution in [3.8, 4) is 0 Å². The van der Waals surface area contributed by atoms with Gasteiger partial charge in [0.2, 0.25) is 0 Å².